The molecule has 2 amide bonds. The summed E-state index contributed by atoms with van der Waals surface area (Å²) in [6, 6.07) is 16.6. The van der Waals surface area contributed by atoms with E-state index in [2.05, 4.69) is 10.6 Å². The van der Waals surface area contributed by atoms with Gasteiger partial charge in [-0.3, -0.25) is 9.59 Å². The Morgan fingerprint density at radius 2 is 1.75 bits per heavy atom. The first-order chi connectivity index (χ1) is 13.6. The number of benzene rings is 2. The number of nitrogens with one attached hydrogen (secondary N) is 2. The monoisotopic (exact) mass is 380 g/mol. The molecule has 144 valence electrons. The quantitative estimate of drug-likeness (QED) is 0.585. The predicted octanol–water partition coefficient (Wildman–Crippen LogP) is 3.00. The van der Waals surface area contributed by atoms with Crippen LogP contribution < -0.4 is 15.4 Å². The third-order valence-electron chi connectivity index (χ3n) is 4.11. The van der Waals surface area contributed by atoms with E-state index in [0.717, 1.165) is 0 Å². The molecule has 2 aromatic carbocycles. The number of ether oxygens (including phenoxy) is 1. The average molecular weight is 380 g/mol. The highest BCUT2D eigenvalue weighted by molar-refractivity contribution is 6.02. The molecule has 7 heteroatoms. The van der Waals surface area contributed by atoms with E-state index in [9.17, 15) is 14.7 Å². The summed E-state index contributed by atoms with van der Waals surface area (Å²) >= 11 is 0. The summed E-state index contributed by atoms with van der Waals surface area (Å²) in [6.45, 7) is 0.0716. The number of hydrogen-bond donors (Lipinski definition) is 3. The number of aliphatic hydroxyl groups excluding tert-OH is 1. The van der Waals surface area contributed by atoms with E-state index in [1.165, 1.54) is 6.26 Å². The number of carbonyl (C=O) groups is 2. The van der Waals surface area contributed by atoms with Crippen LogP contribution in [0.4, 0.5) is 5.69 Å². The summed E-state index contributed by atoms with van der Waals surface area (Å²) in [4.78, 5) is 24.2. The van der Waals surface area contributed by atoms with Crippen LogP contribution in [0.1, 0.15) is 32.6 Å². The molecule has 3 aromatic rings. The molecule has 1 unspecified atom stereocenters. The summed E-state index contributed by atoms with van der Waals surface area (Å²) in [5.41, 5.74) is 1.63. The first kappa shape index (κ1) is 19.2. The molecule has 0 radical (unpaired) electrons. The maximum absolute atomic E-state index is 12.3. The predicted molar refractivity (Wildman–Crippen MR) is 103 cm³/mol. The Bertz CT molecular complexity index is 918. The van der Waals surface area contributed by atoms with Crippen molar-refractivity contribution in [2.75, 3.05) is 19.0 Å². The van der Waals surface area contributed by atoms with Crippen LogP contribution in [-0.4, -0.2) is 30.6 Å². The van der Waals surface area contributed by atoms with Gasteiger partial charge in [-0.05, 0) is 54.1 Å². The van der Waals surface area contributed by atoms with Crippen LogP contribution in [0, 0.1) is 0 Å². The van der Waals surface area contributed by atoms with Crippen LogP contribution in [0.3, 0.4) is 0 Å². The highest BCUT2D eigenvalue weighted by Gasteiger charge is 2.12. The summed E-state index contributed by atoms with van der Waals surface area (Å²) in [5.74, 6) is 0.204. The van der Waals surface area contributed by atoms with Gasteiger partial charge in [-0.1, -0.05) is 12.1 Å². The highest BCUT2D eigenvalue weighted by atomic mass is 16.5. The lowest BCUT2D eigenvalue weighted by Gasteiger charge is -2.13. The van der Waals surface area contributed by atoms with Gasteiger partial charge < -0.3 is 24.9 Å². The molecule has 0 saturated carbocycles. The average Bonchev–Trinajstić information content (AvgIpc) is 3.27. The second-order valence-electron chi connectivity index (χ2n) is 6.01. The molecule has 1 atom stereocenters. The topological polar surface area (TPSA) is 101 Å². The number of furan rings is 1. The van der Waals surface area contributed by atoms with E-state index in [1.54, 1.807) is 67.8 Å². The number of methoxy groups -OCH3 is 1. The lowest BCUT2D eigenvalue weighted by molar-refractivity contribution is 0.0916. The normalized spacial score (nSPS) is 11.5. The van der Waals surface area contributed by atoms with Gasteiger partial charge in [-0.2, -0.15) is 0 Å². The van der Waals surface area contributed by atoms with Gasteiger partial charge in [-0.15, -0.1) is 0 Å². The molecule has 3 rings (SSSR count). The van der Waals surface area contributed by atoms with Crippen molar-refractivity contribution < 1.29 is 23.8 Å². The van der Waals surface area contributed by atoms with E-state index in [1.807, 2.05) is 0 Å². The van der Waals surface area contributed by atoms with E-state index < -0.39 is 6.10 Å². The number of amides is 2. The molecule has 0 saturated heterocycles. The Morgan fingerprint density at radius 3 is 2.36 bits per heavy atom. The second-order valence-corrected chi connectivity index (χ2v) is 6.01. The van der Waals surface area contributed by atoms with Gasteiger partial charge in [0.25, 0.3) is 11.8 Å². The van der Waals surface area contributed by atoms with Crippen molar-refractivity contribution in [2.45, 2.75) is 6.10 Å². The Hall–Kier alpha value is -3.58. The van der Waals surface area contributed by atoms with E-state index in [-0.39, 0.29) is 24.1 Å². The molecule has 0 aliphatic heterocycles. The SMILES string of the molecule is COc1ccc(C(O)CNC(=O)c2ccc(NC(=O)c3ccco3)cc2)cc1. The lowest BCUT2D eigenvalue weighted by atomic mass is 10.1. The van der Waals surface area contributed by atoms with Gasteiger partial charge in [0, 0.05) is 17.8 Å². The van der Waals surface area contributed by atoms with Gasteiger partial charge in [-0.25, -0.2) is 0 Å². The van der Waals surface area contributed by atoms with E-state index in [0.29, 0.717) is 22.6 Å². The minimum Gasteiger partial charge on any atom is -0.497 e. The molecule has 1 aromatic heterocycles. The molecule has 1 heterocycles. The Balaban J connectivity index is 1.53. The van der Waals surface area contributed by atoms with E-state index >= 15 is 0 Å². The van der Waals surface area contributed by atoms with Crippen LogP contribution in [0.2, 0.25) is 0 Å². The van der Waals surface area contributed by atoms with Crippen molar-refractivity contribution in [2.24, 2.45) is 0 Å². The maximum atomic E-state index is 12.3. The molecular weight excluding hydrogens is 360 g/mol. The minimum atomic E-state index is -0.832. The Morgan fingerprint density at radius 1 is 1.04 bits per heavy atom. The third kappa shape index (κ3) is 4.77. The van der Waals surface area contributed by atoms with Crippen LogP contribution >= 0.6 is 0 Å². The molecule has 7 nitrogen and oxygen atoms in total. The zero-order valence-electron chi connectivity index (χ0n) is 15.2. The standard InChI is InChI=1S/C21H20N2O5/c1-27-17-10-6-14(7-11-17)18(24)13-22-20(25)15-4-8-16(9-5-15)23-21(26)19-3-2-12-28-19/h2-12,18,24H,13H2,1H3,(H,22,25)(H,23,26). The molecule has 0 aliphatic rings. The van der Waals surface area contributed by atoms with Crippen LogP contribution in [0.15, 0.2) is 71.3 Å². The van der Waals surface area contributed by atoms with Crippen molar-refractivity contribution in [1.82, 2.24) is 5.32 Å². The van der Waals surface area contributed by atoms with Crippen molar-refractivity contribution >= 4 is 17.5 Å². The second kappa shape index (κ2) is 8.88. The molecule has 28 heavy (non-hydrogen) atoms. The highest BCUT2D eigenvalue weighted by Crippen LogP contribution is 2.17. The third-order valence-corrected chi connectivity index (χ3v) is 4.11. The Kier molecular flexibility index (Phi) is 6.08. The van der Waals surface area contributed by atoms with Gasteiger partial charge in [0.05, 0.1) is 19.5 Å². The molecule has 0 aliphatic carbocycles. The lowest BCUT2D eigenvalue weighted by Crippen LogP contribution is -2.28. The first-order valence-electron chi connectivity index (χ1n) is 8.62. The minimum absolute atomic E-state index is 0.0716. The molecule has 0 bridgehead atoms. The number of carbonyl (C=O) groups excluding carboxylic acids is 2. The largest absolute Gasteiger partial charge is 0.497 e. The summed E-state index contributed by atoms with van der Waals surface area (Å²) in [7, 11) is 1.57. The first-order valence-corrected chi connectivity index (χ1v) is 8.62. The summed E-state index contributed by atoms with van der Waals surface area (Å²) in [5, 5.41) is 15.6. The van der Waals surface area contributed by atoms with Crippen LogP contribution in [0.25, 0.3) is 0 Å². The number of hydrogen-bond acceptors (Lipinski definition) is 5. The maximum Gasteiger partial charge on any atom is 0.291 e. The van der Waals surface area contributed by atoms with Crippen LogP contribution in [-0.2, 0) is 0 Å². The molecule has 3 N–H and O–H groups in total. The molecule has 0 fully saturated rings. The Labute approximate surface area is 161 Å². The number of rotatable bonds is 7. The van der Waals surface area contributed by atoms with Gasteiger partial charge >= 0.3 is 0 Å². The van der Waals surface area contributed by atoms with Crippen molar-refractivity contribution in [3.05, 3.63) is 83.8 Å². The fourth-order valence-corrected chi connectivity index (χ4v) is 2.54. The number of anilines is 1. The van der Waals surface area contributed by atoms with Gasteiger partial charge in [0.2, 0.25) is 0 Å². The van der Waals surface area contributed by atoms with E-state index in [4.69, 9.17) is 9.15 Å². The zero-order valence-corrected chi connectivity index (χ0v) is 15.2. The summed E-state index contributed by atoms with van der Waals surface area (Å²) < 4.78 is 10.1. The van der Waals surface area contributed by atoms with Crippen molar-refractivity contribution in [3.8, 4) is 5.75 Å². The van der Waals surface area contributed by atoms with Gasteiger partial charge in [0.15, 0.2) is 5.76 Å². The summed E-state index contributed by atoms with van der Waals surface area (Å²) in [6.07, 6.45) is 0.588. The van der Waals surface area contributed by atoms with Gasteiger partial charge in [0.1, 0.15) is 5.75 Å². The zero-order chi connectivity index (χ0) is 19.9. The smallest absolute Gasteiger partial charge is 0.291 e. The molecule has 0 spiro atoms. The van der Waals surface area contributed by atoms with Crippen molar-refractivity contribution in [3.63, 3.8) is 0 Å². The fourth-order valence-electron chi connectivity index (χ4n) is 2.54. The van der Waals surface area contributed by atoms with Crippen molar-refractivity contribution in [1.29, 1.82) is 0 Å². The fraction of sp³-hybridized carbons (Fsp3) is 0.143. The number of aliphatic hydroxyl groups is 1. The molecular formula is C21H20N2O5. The van der Waals surface area contributed by atoms with Crippen LogP contribution in [0.5, 0.6) is 5.75 Å².